The second-order valence-electron chi connectivity index (χ2n) is 7.76. The van der Waals surface area contributed by atoms with Crippen LogP contribution < -0.4 is 5.32 Å². The number of hydrogen-bond donors (Lipinski definition) is 1. The number of amides is 3. The monoisotopic (exact) mass is 440 g/mol. The highest BCUT2D eigenvalue weighted by Crippen LogP contribution is 2.22. The van der Waals surface area contributed by atoms with Crippen LogP contribution in [0, 0.1) is 11.7 Å². The van der Waals surface area contributed by atoms with Gasteiger partial charge in [0.25, 0.3) is 0 Å². The third-order valence-electron chi connectivity index (χ3n) is 5.56. The quantitative estimate of drug-likeness (QED) is 0.758. The summed E-state index contributed by atoms with van der Waals surface area (Å²) in [6, 6.07) is 5.26. The normalized spacial score (nSPS) is 20.8. The number of piperazine rings is 1. The minimum atomic E-state index is -3.31. The van der Waals surface area contributed by atoms with Gasteiger partial charge in [-0.1, -0.05) is 6.92 Å². The maximum absolute atomic E-state index is 13.0. The summed E-state index contributed by atoms with van der Waals surface area (Å²) in [6.45, 7) is 4.15. The second-order valence-corrected chi connectivity index (χ2v) is 9.85. The first-order valence-electron chi connectivity index (χ1n) is 10.4. The Morgan fingerprint density at radius 2 is 1.70 bits per heavy atom. The van der Waals surface area contributed by atoms with Gasteiger partial charge in [0.05, 0.1) is 11.7 Å². The second kappa shape index (κ2) is 9.74. The number of urea groups is 1. The summed E-state index contributed by atoms with van der Waals surface area (Å²) in [5, 5.41) is 2.72. The van der Waals surface area contributed by atoms with E-state index in [9.17, 15) is 22.4 Å². The maximum atomic E-state index is 13.0. The lowest BCUT2D eigenvalue weighted by Gasteiger charge is -2.38. The summed E-state index contributed by atoms with van der Waals surface area (Å²) in [6.07, 6.45) is 1.92. The summed E-state index contributed by atoms with van der Waals surface area (Å²) in [5.74, 6) is -0.630. The molecule has 0 spiro atoms. The zero-order chi connectivity index (χ0) is 21.7. The molecule has 1 atom stereocenters. The molecule has 0 bridgehead atoms. The van der Waals surface area contributed by atoms with Crippen molar-refractivity contribution in [2.45, 2.75) is 26.2 Å². The van der Waals surface area contributed by atoms with Gasteiger partial charge in [0.15, 0.2) is 0 Å². The molecular formula is C20H29FN4O4S. The molecule has 0 radical (unpaired) electrons. The van der Waals surface area contributed by atoms with E-state index in [-0.39, 0.29) is 36.0 Å². The van der Waals surface area contributed by atoms with Gasteiger partial charge >= 0.3 is 6.03 Å². The van der Waals surface area contributed by atoms with Crippen molar-refractivity contribution >= 4 is 27.6 Å². The molecule has 2 heterocycles. The molecule has 1 N–H and O–H groups in total. The standard InChI is InChI=1S/C20H29FN4O4S/c1-2-14-30(28,29)25-9-3-4-16(15-25)19(26)23-10-12-24(13-11-23)20(27)22-18-7-5-17(21)6-8-18/h5-8,16H,2-4,9-15H2,1H3,(H,22,27). The van der Waals surface area contributed by atoms with Gasteiger partial charge in [-0.15, -0.1) is 0 Å². The Bertz CT molecular complexity index is 854. The first kappa shape index (κ1) is 22.5. The van der Waals surface area contributed by atoms with Crippen molar-refractivity contribution in [1.29, 1.82) is 0 Å². The van der Waals surface area contributed by atoms with E-state index in [0.29, 0.717) is 57.7 Å². The Labute approximate surface area is 177 Å². The average Bonchev–Trinajstić information content (AvgIpc) is 2.75. The number of rotatable bonds is 5. The largest absolute Gasteiger partial charge is 0.339 e. The molecule has 2 aliphatic rings. The number of carbonyl (C=O) groups excluding carboxylic acids is 2. The number of nitrogens with zero attached hydrogens (tertiary/aromatic N) is 3. The van der Waals surface area contributed by atoms with Crippen LogP contribution >= 0.6 is 0 Å². The highest BCUT2D eigenvalue weighted by Gasteiger charge is 2.35. The van der Waals surface area contributed by atoms with E-state index in [2.05, 4.69) is 5.32 Å². The summed E-state index contributed by atoms with van der Waals surface area (Å²) in [4.78, 5) is 28.7. The predicted molar refractivity (Wildman–Crippen MR) is 112 cm³/mol. The molecule has 2 fully saturated rings. The Hall–Kier alpha value is -2.20. The first-order valence-corrected chi connectivity index (χ1v) is 12.0. The van der Waals surface area contributed by atoms with E-state index in [1.54, 1.807) is 9.80 Å². The van der Waals surface area contributed by atoms with Gasteiger partial charge in [0.2, 0.25) is 15.9 Å². The number of nitrogens with one attached hydrogen (secondary N) is 1. The zero-order valence-corrected chi connectivity index (χ0v) is 18.0. The Morgan fingerprint density at radius 3 is 2.33 bits per heavy atom. The molecular weight excluding hydrogens is 411 g/mol. The molecule has 10 heteroatoms. The van der Waals surface area contributed by atoms with Crippen LogP contribution in [0.3, 0.4) is 0 Å². The average molecular weight is 441 g/mol. The van der Waals surface area contributed by atoms with Crippen LogP contribution in [-0.2, 0) is 14.8 Å². The fourth-order valence-electron chi connectivity index (χ4n) is 3.91. The molecule has 30 heavy (non-hydrogen) atoms. The van der Waals surface area contributed by atoms with Crippen LogP contribution in [0.4, 0.5) is 14.9 Å². The molecule has 2 aliphatic heterocycles. The van der Waals surface area contributed by atoms with E-state index < -0.39 is 10.0 Å². The van der Waals surface area contributed by atoms with Crippen molar-refractivity contribution in [2.75, 3.05) is 50.3 Å². The lowest BCUT2D eigenvalue weighted by Crippen LogP contribution is -2.54. The maximum Gasteiger partial charge on any atom is 0.321 e. The fourth-order valence-corrected chi connectivity index (χ4v) is 5.50. The first-order chi connectivity index (χ1) is 14.3. The Kier molecular flexibility index (Phi) is 7.30. The molecule has 1 aromatic rings. The molecule has 0 saturated carbocycles. The highest BCUT2D eigenvalue weighted by atomic mass is 32.2. The third kappa shape index (κ3) is 5.48. The predicted octanol–water partition coefficient (Wildman–Crippen LogP) is 1.95. The van der Waals surface area contributed by atoms with Crippen molar-refractivity contribution in [3.8, 4) is 0 Å². The summed E-state index contributed by atoms with van der Waals surface area (Å²) in [7, 11) is -3.31. The van der Waals surface area contributed by atoms with Crippen LogP contribution in [0.5, 0.6) is 0 Å². The number of halogens is 1. The summed E-state index contributed by atoms with van der Waals surface area (Å²) in [5.41, 5.74) is 0.510. The smallest absolute Gasteiger partial charge is 0.321 e. The van der Waals surface area contributed by atoms with E-state index in [1.807, 2.05) is 6.92 Å². The van der Waals surface area contributed by atoms with Gasteiger partial charge < -0.3 is 15.1 Å². The van der Waals surface area contributed by atoms with Gasteiger partial charge in [0, 0.05) is 45.0 Å². The van der Waals surface area contributed by atoms with Crippen molar-refractivity contribution in [2.24, 2.45) is 5.92 Å². The number of anilines is 1. The molecule has 1 unspecified atom stereocenters. The zero-order valence-electron chi connectivity index (χ0n) is 17.2. The number of carbonyl (C=O) groups is 2. The van der Waals surface area contributed by atoms with Crippen LogP contribution in [0.15, 0.2) is 24.3 Å². The molecule has 3 amide bonds. The van der Waals surface area contributed by atoms with Crippen molar-refractivity contribution in [1.82, 2.24) is 14.1 Å². The molecule has 166 valence electrons. The van der Waals surface area contributed by atoms with Crippen LogP contribution in [-0.4, -0.2) is 79.5 Å². The van der Waals surface area contributed by atoms with Crippen molar-refractivity contribution in [3.05, 3.63) is 30.1 Å². The van der Waals surface area contributed by atoms with Gasteiger partial charge in [-0.05, 0) is 43.5 Å². The van der Waals surface area contributed by atoms with E-state index in [4.69, 9.17) is 0 Å². The summed E-state index contributed by atoms with van der Waals surface area (Å²) < 4.78 is 39.1. The number of piperidine rings is 1. The molecule has 2 saturated heterocycles. The number of sulfonamides is 1. The van der Waals surface area contributed by atoms with Gasteiger partial charge in [0.1, 0.15) is 5.82 Å². The number of hydrogen-bond acceptors (Lipinski definition) is 4. The third-order valence-corrected chi connectivity index (χ3v) is 7.61. The topological polar surface area (TPSA) is 90.0 Å². The van der Waals surface area contributed by atoms with Crippen LogP contribution in [0.1, 0.15) is 26.2 Å². The van der Waals surface area contributed by atoms with E-state index in [0.717, 1.165) is 0 Å². The van der Waals surface area contributed by atoms with Gasteiger partial charge in [-0.2, -0.15) is 0 Å². The lowest BCUT2D eigenvalue weighted by molar-refractivity contribution is -0.138. The van der Waals surface area contributed by atoms with E-state index >= 15 is 0 Å². The minimum Gasteiger partial charge on any atom is -0.339 e. The fraction of sp³-hybridized carbons (Fsp3) is 0.600. The highest BCUT2D eigenvalue weighted by molar-refractivity contribution is 7.89. The van der Waals surface area contributed by atoms with Crippen LogP contribution in [0.25, 0.3) is 0 Å². The van der Waals surface area contributed by atoms with Crippen LogP contribution in [0.2, 0.25) is 0 Å². The molecule has 3 rings (SSSR count). The molecule has 0 aliphatic carbocycles. The van der Waals surface area contributed by atoms with E-state index in [1.165, 1.54) is 28.6 Å². The van der Waals surface area contributed by atoms with Crippen molar-refractivity contribution < 1.29 is 22.4 Å². The molecule has 8 nitrogen and oxygen atoms in total. The van der Waals surface area contributed by atoms with Crippen molar-refractivity contribution in [3.63, 3.8) is 0 Å². The van der Waals surface area contributed by atoms with Gasteiger partial charge in [-0.3, -0.25) is 4.79 Å². The molecule has 1 aromatic carbocycles. The molecule has 0 aromatic heterocycles. The Balaban J connectivity index is 1.51. The van der Waals surface area contributed by atoms with Gasteiger partial charge in [-0.25, -0.2) is 21.9 Å². The minimum absolute atomic E-state index is 0.0370. The SMILES string of the molecule is CCCS(=O)(=O)N1CCCC(C(=O)N2CCN(C(=O)Nc3ccc(F)cc3)CC2)C1. The lowest BCUT2D eigenvalue weighted by atomic mass is 9.98. The number of benzene rings is 1. The summed E-state index contributed by atoms with van der Waals surface area (Å²) >= 11 is 0. The Morgan fingerprint density at radius 1 is 1.07 bits per heavy atom.